The molecule has 1 atom stereocenters. The maximum absolute atomic E-state index is 6.02. The van der Waals surface area contributed by atoms with Crippen molar-refractivity contribution in [3.05, 3.63) is 41.0 Å². The van der Waals surface area contributed by atoms with Crippen LogP contribution in [-0.2, 0) is 5.41 Å². The van der Waals surface area contributed by atoms with Crippen molar-refractivity contribution in [1.29, 1.82) is 0 Å². The molecule has 1 heterocycles. The van der Waals surface area contributed by atoms with Crippen molar-refractivity contribution < 1.29 is 0 Å². The Bertz CT molecular complexity index is 663. The van der Waals surface area contributed by atoms with Crippen molar-refractivity contribution in [2.45, 2.75) is 84.1 Å². The molecule has 0 radical (unpaired) electrons. The second-order valence-corrected chi connectivity index (χ2v) is 9.93. The Balaban J connectivity index is 1.72. The van der Waals surface area contributed by atoms with Gasteiger partial charge in [0, 0.05) is 12.6 Å². The summed E-state index contributed by atoms with van der Waals surface area (Å²) in [5, 5.41) is 0. The van der Waals surface area contributed by atoms with Crippen LogP contribution in [0, 0.1) is 5.92 Å². The van der Waals surface area contributed by atoms with E-state index in [2.05, 4.69) is 63.8 Å². The topological polar surface area (TPSA) is 29.3 Å². The molecular weight excluding hydrogens is 328 g/mol. The lowest BCUT2D eigenvalue weighted by atomic mass is 9.66. The van der Waals surface area contributed by atoms with E-state index in [1.165, 1.54) is 24.0 Å². The van der Waals surface area contributed by atoms with Crippen LogP contribution in [0.4, 0.5) is 0 Å². The van der Waals surface area contributed by atoms with Crippen LogP contribution in [0.1, 0.15) is 89.3 Å². The molecule has 1 saturated heterocycles. The fourth-order valence-electron chi connectivity index (χ4n) is 4.99. The molecule has 1 aliphatic carbocycles. The van der Waals surface area contributed by atoms with Crippen molar-refractivity contribution >= 4 is 5.57 Å². The van der Waals surface area contributed by atoms with Gasteiger partial charge in [0.05, 0.1) is 0 Å². The molecule has 150 valence electrons. The average Bonchev–Trinajstić information content (AvgIpc) is 2.62. The number of nitrogens with two attached hydrogens (primary N) is 1. The highest BCUT2D eigenvalue weighted by Crippen LogP contribution is 2.46. The van der Waals surface area contributed by atoms with Gasteiger partial charge in [-0.1, -0.05) is 52.0 Å². The molecule has 2 aliphatic rings. The summed E-state index contributed by atoms with van der Waals surface area (Å²) >= 11 is 0. The summed E-state index contributed by atoms with van der Waals surface area (Å²) in [5.41, 5.74) is 12.4. The number of allylic oxidation sites excluding steroid dienone is 1. The second kappa shape index (κ2) is 8.49. The summed E-state index contributed by atoms with van der Waals surface area (Å²) < 4.78 is 0. The first kappa shape index (κ1) is 20.6. The molecule has 0 aromatic heterocycles. The lowest BCUT2D eigenvalue weighted by Crippen LogP contribution is -2.39. The Morgan fingerprint density at radius 2 is 1.93 bits per heavy atom. The van der Waals surface area contributed by atoms with E-state index >= 15 is 0 Å². The first-order chi connectivity index (χ1) is 12.8. The molecule has 2 nitrogen and oxygen atoms in total. The van der Waals surface area contributed by atoms with Crippen LogP contribution in [-0.4, -0.2) is 30.6 Å². The van der Waals surface area contributed by atoms with E-state index in [1.54, 1.807) is 11.1 Å². The molecule has 2 heteroatoms. The Morgan fingerprint density at radius 3 is 2.59 bits per heavy atom. The second-order valence-electron chi connectivity index (χ2n) is 9.93. The number of hydrogen-bond acceptors (Lipinski definition) is 2. The minimum atomic E-state index is 0.311. The highest BCUT2D eigenvalue weighted by Gasteiger charge is 2.33. The van der Waals surface area contributed by atoms with Gasteiger partial charge in [0.1, 0.15) is 0 Å². The molecule has 0 saturated carbocycles. The van der Waals surface area contributed by atoms with Crippen molar-refractivity contribution in [2.75, 3.05) is 19.6 Å². The van der Waals surface area contributed by atoms with Crippen molar-refractivity contribution in [3.8, 4) is 0 Å². The predicted octanol–water partition coefficient (Wildman–Crippen LogP) is 5.71. The van der Waals surface area contributed by atoms with E-state index < -0.39 is 0 Å². The Labute approximate surface area is 167 Å². The summed E-state index contributed by atoms with van der Waals surface area (Å²) in [7, 11) is 0. The summed E-state index contributed by atoms with van der Waals surface area (Å²) in [6.07, 6.45) is 8.50. The zero-order valence-corrected chi connectivity index (χ0v) is 18.2. The first-order valence-electron chi connectivity index (χ1n) is 11.1. The monoisotopic (exact) mass is 368 g/mol. The third kappa shape index (κ3) is 4.84. The number of likely N-dealkylation sites (tertiary alicyclic amines) is 1. The first-order valence-corrected chi connectivity index (χ1v) is 11.1. The van der Waals surface area contributed by atoms with Gasteiger partial charge in [0.2, 0.25) is 0 Å². The number of fused-ring (bicyclic) bond motifs is 1. The van der Waals surface area contributed by atoms with Gasteiger partial charge in [-0.25, -0.2) is 0 Å². The number of benzene rings is 1. The number of hydrogen-bond donors (Lipinski definition) is 1. The average molecular weight is 369 g/mol. The number of nitrogens with zero attached hydrogens (tertiary/aromatic N) is 1. The maximum atomic E-state index is 6.02. The SMILES string of the molecule is C/C(=C\CCN1CCC(N)CC1)c1ccc2c(c1)C(C(C)C)CCC2(C)C. The molecule has 0 bridgehead atoms. The normalized spacial score (nSPS) is 24.3. The molecule has 1 unspecified atom stereocenters. The fraction of sp³-hybridized carbons (Fsp3) is 0.680. The third-order valence-corrected chi connectivity index (χ3v) is 7.05. The quantitative estimate of drug-likeness (QED) is 0.721. The van der Waals surface area contributed by atoms with E-state index in [4.69, 9.17) is 5.73 Å². The van der Waals surface area contributed by atoms with E-state index in [9.17, 15) is 0 Å². The van der Waals surface area contributed by atoms with Crippen LogP contribution in [0.25, 0.3) is 5.57 Å². The van der Waals surface area contributed by atoms with E-state index in [0.29, 0.717) is 23.3 Å². The van der Waals surface area contributed by atoms with Crippen LogP contribution < -0.4 is 5.73 Å². The molecule has 0 amide bonds. The van der Waals surface area contributed by atoms with Gasteiger partial charge in [-0.3, -0.25) is 0 Å². The Morgan fingerprint density at radius 1 is 1.22 bits per heavy atom. The zero-order valence-electron chi connectivity index (χ0n) is 18.2. The molecule has 2 N–H and O–H groups in total. The highest BCUT2D eigenvalue weighted by molar-refractivity contribution is 5.65. The number of rotatable bonds is 5. The van der Waals surface area contributed by atoms with Gasteiger partial charge >= 0.3 is 0 Å². The van der Waals surface area contributed by atoms with Gasteiger partial charge in [-0.15, -0.1) is 0 Å². The van der Waals surface area contributed by atoms with Gasteiger partial charge in [0.15, 0.2) is 0 Å². The molecular formula is C25H40N2. The molecule has 3 rings (SSSR count). The maximum Gasteiger partial charge on any atom is 0.00631 e. The zero-order chi connectivity index (χ0) is 19.6. The van der Waals surface area contributed by atoms with Crippen LogP contribution in [0.5, 0.6) is 0 Å². The lowest BCUT2D eigenvalue weighted by Gasteiger charge is -2.39. The van der Waals surface area contributed by atoms with Gasteiger partial charge in [-0.05, 0) is 91.6 Å². The predicted molar refractivity (Wildman–Crippen MR) is 118 cm³/mol. The molecule has 1 aromatic rings. The van der Waals surface area contributed by atoms with Crippen molar-refractivity contribution in [1.82, 2.24) is 4.90 Å². The van der Waals surface area contributed by atoms with Gasteiger partial charge < -0.3 is 10.6 Å². The minimum absolute atomic E-state index is 0.311. The number of piperidine rings is 1. The fourth-order valence-corrected chi connectivity index (χ4v) is 4.99. The van der Waals surface area contributed by atoms with Gasteiger partial charge in [-0.2, -0.15) is 0 Å². The standard InChI is InChI=1S/C25H40N2/c1-18(2)22-10-13-25(4,5)24-9-8-20(17-23(22)24)19(3)7-6-14-27-15-11-21(26)12-16-27/h7-9,17-18,21-22H,6,10-16,26H2,1-5H3/b19-7+. The van der Waals surface area contributed by atoms with Crippen molar-refractivity contribution in [2.24, 2.45) is 11.7 Å². The van der Waals surface area contributed by atoms with Gasteiger partial charge in [0.25, 0.3) is 0 Å². The van der Waals surface area contributed by atoms with E-state index in [-0.39, 0.29) is 0 Å². The third-order valence-electron chi connectivity index (χ3n) is 7.05. The Kier molecular flexibility index (Phi) is 6.48. The summed E-state index contributed by atoms with van der Waals surface area (Å²) in [4.78, 5) is 2.57. The minimum Gasteiger partial charge on any atom is -0.328 e. The summed E-state index contributed by atoms with van der Waals surface area (Å²) in [6.45, 7) is 15.4. The van der Waals surface area contributed by atoms with Crippen LogP contribution in [0.3, 0.4) is 0 Å². The van der Waals surface area contributed by atoms with Crippen LogP contribution >= 0.6 is 0 Å². The van der Waals surface area contributed by atoms with E-state index in [1.807, 2.05) is 0 Å². The molecule has 27 heavy (non-hydrogen) atoms. The van der Waals surface area contributed by atoms with Crippen LogP contribution in [0.15, 0.2) is 24.3 Å². The smallest absolute Gasteiger partial charge is 0.00631 e. The molecule has 0 spiro atoms. The van der Waals surface area contributed by atoms with Crippen molar-refractivity contribution in [3.63, 3.8) is 0 Å². The molecule has 1 aliphatic heterocycles. The van der Waals surface area contributed by atoms with Crippen LogP contribution in [0.2, 0.25) is 0 Å². The largest absolute Gasteiger partial charge is 0.328 e. The Hall–Kier alpha value is -1.12. The summed E-state index contributed by atoms with van der Waals surface area (Å²) in [6, 6.07) is 7.71. The molecule has 1 aromatic carbocycles. The summed E-state index contributed by atoms with van der Waals surface area (Å²) in [5.74, 6) is 1.42. The highest BCUT2D eigenvalue weighted by atomic mass is 15.1. The lowest BCUT2D eigenvalue weighted by molar-refractivity contribution is 0.217. The van der Waals surface area contributed by atoms with E-state index in [0.717, 1.165) is 38.9 Å². The molecule has 1 fully saturated rings.